The summed E-state index contributed by atoms with van der Waals surface area (Å²) in [4.78, 5) is 11.7. The van der Waals surface area contributed by atoms with E-state index in [-0.39, 0.29) is 0 Å². The van der Waals surface area contributed by atoms with E-state index in [1.165, 1.54) is 12.0 Å². The van der Waals surface area contributed by atoms with Crippen LogP contribution in [0.4, 0.5) is 10.9 Å². The van der Waals surface area contributed by atoms with Gasteiger partial charge in [-0.1, -0.05) is 18.3 Å². The van der Waals surface area contributed by atoms with E-state index in [9.17, 15) is 0 Å². The van der Waals surface area contributed by atoms with E-state index in [1.807, 2.05) is 30.9 Å². The number of likely N-dealkylation sites (tertiary alicyclic amines) is 1. The van der Waals surface area contributed by atoms with Crippen LogP contribution in [0.25, 0.3) is 0 Å². The minimum atomic E-state index is 0.299. The summed E-state index contributed by atoms with van der Waals surface area (Å²) in [5.74, 6) is 1.55. The van der Waals surface area contributed by atoms with Crippen molar-refractivity contribution >= 4 is 22.3 Å². The van der Waals surface area contributed by atoms with Gasteiger partial charge in [0.25, 0.3) is 0 Å². The Balaban J connectivity index is 1.54. The molecule has 0 unspecified atom stereocenters. The van der Waals surface area contributed by atoms with Crippen molar-refractivity contribution in [2.75, 3.05) is 11.9 Å². The number of hydrogen-bond donors (Lipinski definition) is 1. The lowest BCUT2D eigenvalue weighted by Crippen LogP contribution is -2.23. The molecular weight excluding hydrogens is 360 g/mol. The minimum Gasteiger partial charge on any atom is -0.315 e. The standard InChI is InChI=1S/C18H24N8S/c1-4-17-23-24-18(27-17)22-16-8-14(20-12(2)21-16)15-6-5-7-26(15)11-13-9-19-25(3)10-13/h8-10,15H,4-7,11H2,1-3H3,(H,20,21,22,24)/t15-/m1/s1. The second-order valence-corrected chi connectivity index (χ2v) is 7.92. The molecule has 9 heteroatoms. The number of rotatable bonds is 6. The Morgan fingerprint density at radius 2 is 2.19 bits per heavy atom. The van der Waals surface area contributed by atoms with E-state index in [4.69, 9.17) is 4.98 Å². The van der Waals surface area contributed by atoms with Crippen LogP contribution in [0.5, 0.6) is 0 Å². The summed E-state index contributed by atoms with van der Waals surface area (Å²) >= 11 is 1.56. The molecule has 1 atom stereocenters. The van der Waals surface area contributed by atoms with Crippen LogP contribution in [0.3, 0.4) is 0 Å². The lowest BCUT2D eigenvalue weighted by Gasteiger charge is -2.24. The molecule has 0 radical (unpaired) electrons. The van der Waals surface area contributed by atoms with E-state index in [1.54, 1.807) is 11.3 Å². The van der Waals surface area contributed by atoms with Gasteiger partial charge < -0.3 is 5.32 Å². The topological polar surface area (TPSA) is 84.7 Å². The molecule has 8 nitrogen and oxygen atoms in total. The van der Waals surface area contributed by atoms with Gasteiger partial charge in [-0.2, -0.15) is 5.10 Å². The average molecular weight is 385 g/mol. The quantitative estimate of drug-likeness (QED) is 0.699. The lowest BCUT2D eigenvalue weighted by atomic mass is 10.1. The highest BCUT2D eigenvalue weighted by molar-refractivity contribution is 7.15. The van der Waals surface area contributed by atoms with Crippen molar-refractivity contribution in [3.63, 3.8) is 0 Å². The van der Waals surface area contributed by atoms with E-state index < -0.39 is 0 Å². The number of aryl methyl sites for hydroxylation is 3. The van der Waals surface area contributed by atoms with Gasteiger partial charge in [0.1, 0.15) is 16.6 Å². The fourth-order valence-corrected chi connectivity index (χ4v) is 4.21. The number of anilines is 2. The molecule has 0 aromatic carbocycles. The predicted octanol–water partition coefficient (Wildman–Crippen LogP) is 3.01. The Bertz CT molecular complexity index is 918. The summed E-state index contributed by atoms with van der Waals surface area (Å²) in [7, 11) is 1.95. The highest BCUT2D eigenvalue weighted by atomic mass is 32.1. The third kappa shape index (κ3) is 4.14. The second kappa shape index (κ2) is 7.69. The van der Waals surface area contributed by atoms with Gasteiger partial charge >= 0.3 is 0 Å². The van der Waals surface area contributed by atoms with E-state index in [0.717, 1.165) is 53.4 Å². The second-order valence-electron chi connectivity index (χ2n) is 6.86. The van der Waals surface area contributed by atoms with Gasteiger partial charge in [0, 0.05) is 31.4 Å². The molecule has 4 rings (SSSR count). The maximum Gasteiger partial charge on any atom is 0.211 e. The number of nitrogens with one attached hydrogen (secondary N) is 1. The van der Waals surface area contributed by atoms with Crippen LogP contribution in [0.15, 0.2) is 18.5 Å². The van der Waals surface area contributed by atoms with Gasteiger partial charge in [-0.25, -0.2) is 9.97 Å². The molecule has 1 saturated heterocycles. The first-order chi connectivity index (χ1) is 13.1. The van der Waals surface area contributed by atoms with Crippen molar-refractivity contribution < 1.29 is 0 Å². The highest BCUT2D eigenvalue weighted by Gasteiger charge is 2.28. The zero-order valence-corrected chi connectivity index (χ0v) is 16.7. The summed E-state index contributed by atoms with van der Waals surface area (Å²) in [6.07, 6.45) is 7.18. The van der Waals surface area contributed by atoms with Crippen molar-refractivity contribution in [2.45, 2.75) is 45.7 Å². The molecule has 1 aliphatic heterocycles. The zero-order chi connectivity index (χ0) is 18.8. The minimum absolute atomic E-state index is 0.299. The molecule has 0 bridgehead atoms. The molecule has 1 fully saturated rings. The van der Waals surface area contributed by atoms with Crippen molar-refractivity contribution in [2.24, 2.45) is 7.05 Å². The Kier molecular flexibility index (Phi) is 5.13. The van der Waals surface area contributed by atoms with Gasteiger partial charge in [0.05, 0.1) is 17.9 Å². The van der Waals surface area contributed by atoms with Crippen LogP contribution in [0, 0.1) is 6.92 Å². The normalized spacial score (nSPS) is 17.5. The highest BCUT2D eigenvalue weighted by Crippen LogP contribution is 2.33. The Morgan fingerprint density at radius 3 is 2.93 bits per heavy atom. The fourth-order valence-electron chi connectivity index (χ4n) is 3.52. The molecule has 142 valence electrons. The largest absolute Gasteiger partial charge is 0.315 e. The van der Waals surface area contributed by atoms with Gasteiger partial charge in [0.2, 0.25) is 5.13 Å². The smallest absolute Gasteiger partial charge is 0.211 e. The molecule has 4 heterocycles. The Morgan fingerprint density at radius 1 is 1.30 bits per heavy atom. The van der Waals surface area contributed by atoms with E-state index >= 15 is 0 Å². The summed E-state index contributed by atoms with van der Waals surface area (Å²) < 4.78 is 1.85. The molecule has 3 aromatic rings. The van der Waals surface area contributed by atoms with Crippen molar-refractivity contribution in [1.82, 2.24) is 34.8 Å². The molecule has 0 spiro atoms. The van der Waals surface area contributed by atoms with Crippen LogP contribution in [0.1, 0.15) is 47.9 Å². The molecule has 1 aliphatic rings. The van der Waals surface area contributed by atoms with Gasteiger partial charge in [-0.3, -0.25) is 9.58 Å². The SMILES string of the molecule is CCc1nnc(Nc2cc([C@H]3CCCN3Cc3cnn(C)c3)nc(C)n2)s1. The Hall–Kier alpha value is -2.39. The van der Waals surface area contributed by atoms with Crippen LogP contribution in [-0.2, 0) is 20.0 Å². The maximum atomic E-state index is 4.73. The molecule has 0 amide bonds. The summed E-state index contributed by atoms with van der Waals surface area (Å²) in [5, 5.41) is 17.7. The van der Waals surface area contributed by atoms with Crippen LogP contribution >= 0.6 is 11.3 Å². The summed E-state index contributed by atoms with van der Waals surface area (Å²) in [6, 6.07) is 2.35. The fraction of sp³-hybridized carbons (Fsp3) is 0.500. The molecule has 0 saturated carbocycles. The first-order valence-electron chi connectivity index (χ1n) is 9.27. The molecule has 3 aromatic heterocycles. The Labute approximate surface area is 162 Å². The molecular formula is C18H24N8S. The first-order valence-corrected chi connectivity index (χ1v) is 10.1. The van der Waals surface area contributed by atoms with Gasteiger partial charge in [-0.05, 0) is 32.7 Å². The zero-order valence-electron chi connectivity index (χ0n) is 15.9. The first kappa shape index (κ1) is 18.0. The third-order valence-corrected chi connectivity index (χ3v) is 5.69. The van der Waals surface area contributed by atoms with Crippen LogP contribution in [0.2, 0.25) is 0 Å². The monoisotopic (exact) mass is 384 g/mol. The van der Waals surface area contributed by atoms with Crippen molar-refractivity contribution in [3.05, 3.63) is 40.5 Å². The molecule has 0 aliphatic carbocycles. The predicted molar refractivity (Wildman–Crippen MR) is 105 cm³/mol. The van der Waals surface area contributed by atoms with Crippen LogP contribution < -0.4 is 5.32 Å². The van der Waals surface area contributed by atoms with Crippen molar-refractivity contribution in [1.29, 1.82) is 0 Å². The maximum absolute atomic E-state index is 4.73. The van der Waals surface area contributed by atoms with Crippen molar-refractivity contribution in [3.8, 4) is 0 Å². The summed E-state index contributed by atoms with van der Waals surface area (Å²) in [6.45, 7) is 5.98. The van der Waals surface area contributed by atoms with E-state index in [2.05, 4.69) is 43.6 Å². The lowest BCUT2D eigenvalue weighted by molar-refractivity contribution is 0.244. The molecule has 27 heavy (non-hydrogen) atoms. The average Bonchev–Trinajstić information content (AvgIpc) is 3.36. The third-order valence-electron chi connectivity index (χ3n) is 4.71. The number of aromatic nitrogens is 6. The van der Waals surface area contributed by atoms with E-state index in [0.29, 0.717) is 6.04 Å². The van der Waals surface area contributed by atoms with Gasteiger partial charge in [-0.15, -0.1) is 10.2 Å². The summed E-state index contributed by atoms with van der Waals surface area (Å²) in [5.41, 5.74) is 2.29. The molecule has 1 N–H and O–H groups in total. The van der Waals surface area contributed by atoms with Gasteiger partial charge in [0.15, 0.2) is 0 Å². The number of nitrogens with zero attached hydrogens (tertiary/aromatic N) is 7. The van der Waals surface area contributed by atoms with Crippen LogP contribution in [-0.4, -0.2) is 41.4 Å². The number of hydrogen-bond acceptors (Lipinski definition) is 8.